The molecule has 1 N–H and O–H groups in total. The molecule has 0 aromatic heterocycles. The molecule has 6 heteroatoms. The molecule has 0 fully saturated rings. The van der Waals surface area contributed by atoms with Crippen molar-refractivity contribution in [2.75, 3.05) is 6.61 Å². The van der Waals surface area contributed by atoms with E-state index in [9.17, 15) is 9.69 Å². The van der Waals surface area contributed by atoms with Crippen molar-refractivity contribution in [2.45, 2.75) is 39.5 Å². The van der Waals surface area contributed by atoms with Crippen molar-refractivity contribution in [1.82, 2.24) is 0 Å². The molecule has 2 rings (SSSR count). The molecule has 0 spiro atoms. The first kappa shape index (κ1) is 24.7. The van der Waals surface area contributed by atoms with Crippen LogP contribution >= 0.6 is 8.60 Å². The van der Waals surface area contributed by atoms with Crippen molar-refractivity contribution in [3.63, 3.8) is 0 Å². The number of rotatable bonds is 11. The van der Waals surface area contributed by atoms with Crippen LogP contribution in [0.15, 0.2) is 73.3 Å². The topological polar surface area (TPSA) is 65.0 Å². The van der Waals surface area contributed by atoms with Crippen molar-refractivity contribution in [3.05, 3.63) is 73.3 Å². The van der Waals surface area contributed by atoms with Crippen LogP contribution in [0.3, 0.4) is 0 Å². The van der Waals surface area contributed by atoms with Crippen LogP contribution in [0.5, 0.6) is 11.5 Å². The lowest BCUT2D eigenvalue weighted by molar-refractivity contribution is -0.137. The van der Waals surface area contributed by atoms with E-state index in [-0.39, 0.29) is 5.97 Å². The van der Waals surface area contributed by atoms with Gasteiger partial charge < -0.3 is 18.7 Å². The summed E-state index contributed by atoms with van der Waals surface area (Å²) in [6.45, 7) is 8.29. The average molecular weight is 418 g/mol. The van der Waals surface area contributed by atoms with Crippen molar-refractivity contribution >= 4 is 14.6 Å². The molecular weight excluding hydrogens is 387 g/mol. The van der Waals surface area contributed by atoms with Gasteiger partial charge in [-0.1, -0.05) is 76.1 Å². The maximum atomic E-state index is 10.6. The van der Waals surface area contributed by atoms with Gasteiger partial charge in [-0.05, 0) is 36.6 Å². The van der Waals surface area contributed by atoms with Gasteiger partial charge in [0.15, 0.2) is 0 Å². The van der Waals surface area contributed by atoms with E-state index in [4.69, 9.17) is 13.8 Å². The Morgan fingerprint density at radius 3 is 1.93 bits per heavy atom. The second-order valence-corrected chi connectivity index (χ2v) is 7.50. The molecule has 0 saturated carbocycles. The fourth-order valence-corrected chi connectivity index (χ4v) is 2.87. The zero-order valence-corrected chi connectivity index (χ0v) is 18.1. The summed E-state index contributed by atoms with van der Waals surface area (Å²) in [5.41, 5.74) is 0. The minimum absolute atomic E-state index is 0.316. The number of ether oxygens (including phenoxy) is 1. The largest absolute Gasteiger partial charge is 0.463 e. The van der Waals surface area contributed by atoms with Gasteiger partial charge in [-0.15, -0.1) is 0 Å². The van der Waals surface area contributed by atoms with Crippen LogP contribution in [0.25, 0.3) is 0 Å². The summed E-state index contributed by atoms with van der Waals surface area (Å²) < 4.78 is 15.3. The van der Waals surface area contributed by atoms with Gasteiger partial charge in [-0.25, -0.2) is 4.79 Å². The van der Waals surface area contributed by atoms with Gasteiger partial charge in [-0.2, -0.15) is 0 Å². The average Bonchev–Trinajstić information content (AvgIpc) is 2.72. The van der Waals surface area contributed by atoms with Crippen molar-refractivity contribution in [2.24, 2.45) is 5.92 Å². The zero-order chi connectivity index (χ0) is 21.3. The van der Waals surface area contributed by atoms with Gasteiger partial charge in [0.1, 0.15) is 11.5 Å². The van der Waals surface area contributed by atoms with Crippen molar-refractivity contribution < 1.29 is 23.5 Å². The lowest BCUT2D eigenvalue weighted by Gasteiger charge is -2.11. The van der Waals surface area contributed by atoms with E-state index in [1.54, 1.807) is 24.3 Å². The maximum absolute atomic E-state index is 10.6. The van der Waals surface area contributed by atoms with Crippen molar-refractivity contribution in [3.8, 4) is 11.5 Å². The van der Waals surface area contributed by atoms with Gasteiger partial charge >= 0.3 is 14.6 Å². The smallest absolute Gasteiger partial charge is 0.460 e. The molecule has 5 nitrogen and oxygen atoms in total. The minimum atomic E-state index is -1.93. The Morgan fingerprint density at radius 1 is 0.966 bits per heavy atom. The van der Waals surface area contributed by atoms with Crippen LogP contribution in [-0.2, 0) is 9.53 Å². The molecule has 0 radical (unpaired) electrons. The first-order valence-electron chi connectivity index (χ1n) is 9.75. The molecular formula is C23H31O5P. The third-order valence-electron chi connectivity index (χ3n) is 3.69. The van der Waals surface area contributed by atoms with Gasteiger partial charge in [0, 0.05) is 6.08 Å². The van der Waals surface area contributed by atoms with Gasteiger partial charge in [-0.3, -0.25) is 0 Å². The molecule has 2 aromatic carbocycles. The first-order chi connectivity index (χ1) is 14.0. The number of carbonyl (C=O) groups excluding carboxylic acids is 1. The molecule has 0 aliphatic carbocycles. The summed E-state index contributed by atoms with van der Waals surface area (Å²) in [5, 5.41) is 0. The van der Waals surface area contributed by atoms with E-state index in [2.05, 4.69) is 20.4 Å². The first-order valence-corrected chi connectivity index (χ1v) is 10.9. The molecule has 158 valence electrons. The van der Waals surface area contributed by atoms with Crippen LogP contribution < -0.4 is 9.05 Å². The predicted octanol–water partition coefficient (Wildman–Crippen LogP) is 6.30. The Labute approximate surface area is 175 Å². The van der Waals surface area contributed by atoms with Gasteiger partial charge in [0.25, 0.3) is 0 Å². The fourth-order valence-electron chi connectivity index (χ4n) is 2.22. The van der Waals surface area contributed by atoms with E-state index in [0.29, 0.717) is 18.1 Å². The number of hydrogen-bond acceptors (Lipinski definition) is 5. The number of para-hydroxylation sites is 2. The lowest BCUT2D eigenvalue weighted by Crippen LogP contribution is -2.01. The Kier molecular flexibility index (Phi) is 13.2. The molecule has 0 amide bonds. The van der Waals surface area contributed by atoms with Crippen LogP contribution in [-0.4, -0.2) is 17.5 Å². The highest BCUT2D eigenvalue weighted by Gasteiger charge is 2.10. The van der Waals surface area contributed by atoms with Gasteiger partial charge in [0.05, 0.1) is 6.61 Å². The van der Waals surface area contributed by atoms with Crippen LogP contribution in [0.2, 0.25) is 0 Å². The number of carbonyl (C=O) groups is 1. The second kappa shape index (κ2) is 15.5. The lowest BCUT2D eigenvalue weighted by atomic mass is 10.1. The molecule has 0 saturated heterocycles. The summed E-state index contributed by atoms with van der Waals surface area (Å²) in [6, 6.07) is 18.2. The van der Waals surface area contributed by atoms with Gasteiger partial charge in [0.2, 0.25) is 0 Å². The Balaban J connectivity index is 0.000000298. The van der Waals surface area contributed by atoms with E-state index in [1.165, 1.54) is 18.9 Å². The van der Waals surface area contributed by atoms with Crippen LogP contribution in [0.1, 0.15) is 39.5 Å². The second-order valence-electron chi connectivity index (χ2n) is 6.66. The highest BCUT2D eigenvalue weighted by atomic mass is 31.2. The molecule has 0 heterocycles. The molecule has 0 atom stereocenters. The number of hydrogen-bond donors (Lipinski definition) is 1. The standard InChI is InChI=1S/C12H11O3P.C11H20O2/c13-16(14-11-7-3-1-4-8-11)15-12-9-5-2-6-10-12;1-4-11(12)13-9-7-5-6-8-10(2)3/h1-10,13H;4,10H,1,5-9H2,2-3H3. The molecule has 29 heavy (non-hydrogen) atoms. The zero-order valence-electron chi connectivity index (χ0n) is 17.2. The van der Waals surface area contributed by atoms with E-state index >= 15 is 0 Å². The quantitative estimate of drug-likeness (QED) is 0.201. The molecule has 0 aliphatic rings. The molecule has 0 bridgehead atoms. The predicted molar refractivity (Wildman–Crippen MR) is 118 cm³/mol. The molecule has 0 aliphatic heterocycles. The Morgan fingerprint density at radius 2 is 1.48 bits per heavy atom. The Hall–Kier alpha value is -2.36. The maximum Gasteiger partial charge on any atom is 0.460 e. The summed E-state index contributed by atoms with van der Waals surface area (Å²) >= 11 is 0. The summed E-state index contributed by atoms with van der Waals surface area (Å²) in [7, 11) is -1.93. The number of esters is 1. The van der Waals surface area contributed by atoms with Crippen LogP contribution in [0, 0.1) is 5.92 Å². The number of unbranched alkanes of at least 4 members (excludes halogenated alkanes) is 2. The summed E-state index contributed by atoms with van der Waals surface area (Å²) in [5.74, 6) is 1.64. The Bertz CT molecular complexity index is 635. The SMILES string of the molecule is C=CC(=O)OCCCCCC(C)C.OP(Oc1ccccc1)Oc1ccccc1. The molecule has 2 aromatic rings. The summed E-state index contributed by atoms with van der Waals surface area (Å²) in [6.07, 6.45) is 5.79. The highest BCUT2D eigenvalue weighted by Crippen LogP contribution is 2.35. The van der Waals surface area contributed by atoms with Crippen molar-refractivity contribution in [1.29, 1.82) is 0 Å². The highest BCUT2D eigenvalue weighted by molar-refractivity contribution is 7.41. The third kappa shape index (κ3) is 13.4. The fraction of sp³-hybridized carbons (Fsp3) is 0.348. The number of benzene rings is 2. The van der Waals surface area contributed by atoms with E-state index in [0.717, 1.165) is 18.8 Å². The monoisotopic (exact) mass is 418 g/mol. The van der Waals surface area contributed by atoms with Crippen LogP contribution in [0.4, 0.5) is 0 Å². The molecule has 0 unspecified atom stereocenters. The summed E-state index contributed by atoms with van der Waals surface area (Å²) in [4.78, 5) is 20.2. The minimum Gasteiger partial charge on any atom is -0.463 e. The van der Waals surface area contributed by atoms with E-state index < -0.39 is 8.60 Å². The third-order valence-corrected chi connectivity index (χ3v) is 4.42. The van der Waals surface area contributed by atoms with E-state index in [1.807, 2.05) is 36.4 Å². The normalized spacial score (nSPS) is 10.1.